The molecule has 7 heteroatoms. The van der Waals surface area contributed by atoms with Crippen molar-refractivity contribution in [2.75, 3.05) is 33.1 Å². The lowest BCUT2D eigenvalue weighted by Crippen LogP contribution is -2.46. The minimum Gasteiger partial charge on any atom is -0.481 e. The molecule has 2 fully saturated rings. The van der Waals surface area contributed by atoms with Crippen LogP contribution in [0.15, 0.2) is 18.2 Å². The number of fused-ring (bicyclic) bond motifs is 1. The second-order valence-corrected chi connectivity index (χ2v) is 6.37. The zero-order valence-electron chi connectivity index (χ0n) is 13.4. The van der Waals surface area contributed by atoms with Gasteiger partial charge in [-0.1, -0.05) is 6.07 Å². The average molecular weight is 335 g/mol. The highest BCUT2D eigenvalue weighted by molar-refractivity contribution is 5.68. The third-order valence-corrected chi connectivity index (χ3v) is 4.96. The number of ether oxygens (including phenoxy) is 4. The molecular formula is C17H21NO6. The van der Waals surface area contributed by atoms with Crippen LogP contribution in [-0.2, 0) is 14.3 Å². The van der Waals surface area contributed by atoms with E-state index in [1.165, 1.54) is 0 Å². The van der Waals surface area contributed by atoms with Gasteiger partial charge in [0, 0.05) is 32.0 Å². The Hall–Kier alpha value is -1.83. The Bertz CT molecular complexity index is 618. The Morgan fingerprint density at radius 2 is 1.88 bits per heavy atom. The predicted molar refractivity (Wildman–Crippen MR) is 83.0 cm³/mol. The number of hydrogen-bond donors (Lipinski definition) is 1. The van der Waals surface area contributed by atoms with Crippen molar-refractivity contribution in [3.05, 3.63) is 23.8 Å². The molecule has 0 bridgehead atoms. The number of piperidine rings is 1. The van der Waals surface area contributed by atoms with E-state index in [1.54, 1.807) is 0 Å². The third-order valence-electron chi connectivity index (χ3n) is 4.96. The molecule has 0 radical (unpaired) electrons. The Balaban J connectivity index is 1.53. The molecule has 7 nitrogen and oxygen atoms in total. The molecule has 24 heavy (non-hydrogen) atoms. The van der Waals surface area contributed by atoms with Crippen LogP contribution >= 0.6 is 0 Å². The smallest absolute Gasteiger partial charge is 0.305 e. The van der Waals surface area contributed by atoms with E-state index in [-0.39, 0.29) is 19.3 Å². The first-order chi connectivity index (χ1) is 11.7. The summed E-state index contributed by atoms with van der Waals surface area (Å²) in [6, 6.07) is 5.47. The molecule has 0 aromatic heterocycles. The van der Waals surface area contributed by atoms with E-state index in [4.69, 9.17) is 18.9 Å². The summed E-state index contributed by atoms with van der Waals surface area (Å²) >= 11 is 0. The van der Waals surface area contributed by atoms with Crippen molar-refractivity contribution in [1.82, 2.24) is 4.90 Å². The number of likely N-dealkylation sites (tertiary alicyclic amines) is 1. The SMILES string of the molecule is O=C(O)C[C@@H](c1ccc2c(c1)OCO2)N1CCC2(CC1)OCCO2. The highest BCUT2D eigenvalue weighted by atomic mass is 16.7. The van der Waals surface area contributed by atoms with Crippen molar-refractivity contribution in [3.63, 3.8) is 0 Å². The molecule has 4 rings (SSSR count). The molecule has 2 saturated heterocycles. The van der Waals surface area contributed by atoms with Gasteiger partial charge < -0.3 is 24.1 Å². The number of carboxylic acids is 1. The fourth-order valence-corrected chi connectivity index (χ4v) is 3.71. The number of benzene rings is 1. The summed E-state index contributed by atoms with van der Waals surface area (Å²) in [6.45, 7) is 2.98. The zero-order valence-corrected chi connectivity index (χ0v) is 13.4. The van der Waals surface area contributed by atoms with Gasteiger partial charge in [-0.25, -0.2) is 0 Å². The van der Waals surface area contributed by atoms with Gasteiger partial charge in [0.05, 0.1) is 19.6 Å². The number of rotatable bonds is 4. The monoisotopic (exact) mass is 335 g/mol. The Kier molecular flexibility index (Phi) is 4.07. The summed E-state index contributed by atoms with van der Waals surface area (Å²) in [5.41, 5.74) is 0.936. The number of aliphatic carboxylic acids is 1. The van der Waals surface area contributed by atoms with Gasteiger partial charge in [0.2, 0.25) is 6.79 Å². The standard InChI is InChI=1S/C17H21NO6/c19-16(20)10-13(12-1-2-14-15(9-12)22-11-21-14)18-5-3-17(4-6-18)23-7-8-24-17/h1-2,9,13H,3-8,10-11H2,(H,19,20)/t13-/m0/s1. The van der Waals surface area contributed by atoms with Gasteiger partial charge >= 0.3 is 5.97 Å². The van der Waals surface area contributed by atoms with Crippen molar-refractivity contribution < 1.29 is 28.8 Å². The molecule has 130 valence electrons. The van der Waals surface area contributed by atoms with E-state index in [0.29, 0.717) is 24.7 Å². The molecule has 1 N–H and O–H groups in total. The van der Waals surface area contributed by atoms with E-state index in [2.05, 4.69) is 4.90 Å². The maximum Gasteiger partial charge on any atom is 0.305 e. The second-order valence-electron chi connectivity index (χ2n) is 6.37. The van der Waals surface area contributed by atoms with Crippen molar-refractivity contribution in [2.24, 2.45) is 0 Å². The summed E-state index contributed by atoms with van der Waals surface area (Å²) in [5.74, 6) is 0.113. The minimum absolute atomic E-state index is 0.0500. The molecule has 1 atom stereocenters. The van der Waals surface area contributed by atoms with Crippen molar-refractivity contribution in [1.29, 1.82) is 0 Å². The Morgan fingerprint density at radius 3 is 2.58 bits per heavy atom. The average Bonchev–Trinajstić information content (AvgIpc) is 3.22. The van der Waals surface area contributed by atoms with Crippen molar-refractivity contribution >= 4 is 5.97 Å². The first-order valence-electron chi connectivity index (χ1n) is 8.29. The number of carboxylic acid groups (broad SMARTS) is 1. The van der Waals surface area contributed by atoms with E-state index in [9.17, 15) is 9.90 Å². The van der Waals surface area contributed by atoms with Crippen LogP contribution in [-0.4, -0.2) is 54.9 Å². The summed E-state index contributed by atoms with van der Waals surface area (Å²) in [5, 5.41) is 9.34. The normalized spacial score (nSPS) is 23.5. The third kappa shape index (κ3) is 2.94. The van der Waals surface area contributed by atoms with E-state index in [0.717, 1.165) is 31.5 Å². The lowest BCUT2D eigenvalue weighted by molar-refractivity contribution is -0.188. The number of hydrogen-bond acceptors (Lipinski definition) is 6. The summed E-state index contributed by atoms with van der Waals surface area (Å²) in [7, 11) is 0. The molecule has 0 saturated carbocycles. The molecule has 3 aliphatic heterocycles. The quantitative estimate of drug-likeness (QED) is 0.898. The fraction of sp³-hybridized carbons (Fsp3) is 0.588. The van der Waals surface area contributed by atoms with Crippen LogP contribution in [0.2, 0.25) is 0 Å². The maximum absolute atomic E-state index is 11.4. The lowest BCUT2D eigenvalue weighted by Gasteiger charge is -2.41. The van der Waals surface area contributed by atoms with Gasteiger partial charge in [-0.05, 0) is 17.7 Å². The maximum atomic E-state index is 11.4. The summed E-state index contributed by atoms with van der Waals surface area (Å²) in [4.78, 5) is 13.6. The summed E-state index contributed by atoms with van der Waals surface area (Å²) in [6.07, 6.45) is 1.57. The molecule has 1 aromatic carbocycles. The highest BCUT2D eigenvalue weighted by Gasteiger charge is 2.41. The van der Waals surface area contributed by atoms with Crippen molar-refractivity contribution in [2.45, 2.75) is 31.1 Å². The van der Waals surface area contributed by atoms with Crippen LogP contribution in [0.3, 0.4) is 0 Å². The largest absolute Gasteiger partial charge is 0.481 e. The van der Waals surface area contributed by atoms with Gasteiger partial charge in [0.15, 0.2) is 17.3 Å². The lowest BCUT2D eigenvalue weighted by atomic mass is 9.96. The molecule has 0 amide bonds. The van der Waals surface area contributed by atoms with Crippen LogP contribution in [0.25, 0.3) is 0 Å². The van der Waals surface area contributed by atoms with Gasteiger partial charge in [0.1, 0.15) is 0 Å². The van der Waals surface area contributed by atoms with E-state index >= 15 is 0 Å². The molecule has 3 heterocycles. The van der Waals surface area contributed by atoms with Gasteiger partial charge in [-0.15, -0.1) is 0 Å². The predicted octanol–water partition coefficient (Wildman–Crippen LogP) is 1.77. The van der Waals surface area contributed by atoms with Crippen molar-refractivity contribution in [3.8, 4) is 11.5 Å². The van der Waals surface area contributed by atoms with Crippen LogP contribution in [0.5, 0.6) is 11.5 Å². The van der Waals surface area contributed by atoms with Crippen LogP contribution in [0.4, 0.5) is 0 Å². The van der Waals surface area contributed by atoms with Gasteiger partial charge in [-0.2, -0.15) is 0 Å². The second kappa shape index (κ2) is 6.23. The zero-order chi connectivity index (χ0) is 16.6. The Morgan fingerprint density at radius 1 is 1.17 bits per heavy atom. The van der Waals surface area contributed by atoms with Gasteiger partial charge in [-0.3, -0.25) is 9.69 Å². The topological polar surface area (TPSA) is 77.5 Å². The molecule has 1 aromatic rings. The molecule has 1 spiro atoms. The van der Waals surface area contributed by atoms with Crippen LogP contribution in [0.1, 0.15) is 30.9 Å². The summed E-state index contributed by atoms with van der Waals surface area (Å²) < 4.78 is 22.3. The molecule has 0 aliphatic carbocycles. The van der Waals surface area contributed by atoms with E-state index in [1.807, 2.05) is 18.2 Å². The van der Waals surface area contributed by atoms with E-state index < -0.39 is 11.8 Å². The highest BCUT2D eigenvalue weighted by Crippen LogP contribution is 2.39. The molecular weight excluding hydrogens is 314 g/mol. The molecule has 3 aliphatic rings. The molecule has 0 unspecified atom stereocenters. The van der Waals surface area contributed by atoms with Crippen LogP contribution in [0, 0.1) is 0 Å². The fourth-order valence-electron chi connectivity index (χ4n) is 3.71. The van der Waals surface area contributed by atoms with Crippen LogP contribution < -0.4 is 9.47 Å². The Labute approximate surface area is 140 Å². The number of nitrogens with zero attached hydrogens (tertiary/aromatic N) is 1. The minimum atomic E-state index is -0.814. The van der Waals surface area contributed by atoms with Gasteiger partial charge in [0.25, 0.3) is 0 Å². The number of carbonyl (C=O) groups is 1. The first-order valence-corrected chi connectivity index (χ1v) is 8.29. The first kappa shape index (κ1) is 15.7.